The lowest BCUT2D eigenvalue weighted by Gasteiger charge is -2.08. The highest BCUT2D eigenvalue weighted by molar-refractivity contribution is 9.10. The van der Waals surface area contributed by atoms with Crippen LogP contribution in [0.25, 0.3) is 0 Å². The average Bonchev–Trinajstić information content (AvgIpc) is 2.64. The highest BCUT2D eigenvalue weighted by Gasteiger charge is 2.07. The normalized spacial score (nSPS) is 10.4. The fourth-order valence-electron chi connectivity index (χ4n) is 1.33. The van der Waals surface area contributed by atoms with Crippen molar-refractivity contribution in [2.45, 2.75) is 6.54 Å². The van der Waals surface area contributed by atoms with Gasteiger partial charge < -0.3 is 11.1 Å². The Labute approximate surface area is 105 Å². The van der Waals surface area contributed by atoms with E-state index in [2.05, 4.69) is 21.2 Å². The van der Waals surface area contributed by atoms with Crippen LogP contribution < -0.4 is 11.1 Å². The van der Waals surface area contributed by atoms with E-state index in [0.717, 1.165) is 10.6 Å². The highest BCUT2D eigenvalue weighted by Crippen LogP contribution is 2.27. The van der Waals surface area contributed by atoms with Crippen molar-refractivity contribution in [2.24, 2.45) is 0 Å². The van der Waals surface area contributed by atoms with Gasteiger partial charge in [-0.2, -0.15) is 0 Å². The Kier molecular flexibility index (Phi) is 3.46. The van der Waals surface area contributed by atoms with Crippen LogP contribution in [0.1, 0.15) is 4.88 Å². The molecule has 0 bridgehead atoms. The van der Waals surface area contributed by atoms with Gasteiger partial charge in [0, 0.05) is 15.0 Å². The topological polar surface area (TPSA) is 38.0 Å². The minimum atomic E-state index is -0.274. The predicted octanol–water partition coefficient (Wildman–Crippen LogP) is 3.84. The van der Waals surface area contributed by atoms with Gasteiger partial charge in [0.15, 0.2) is 0 Å². The predicted molar refractivity (Wildman–Crippen MR) is 70.2 cm³/mol. The Morgan fingerprint density at radius 2 is 2.19 bits per heavy atom. The maximum atomic E-state index is 13.5. The highest BCUT2D eigenvalue weighted by atomic mass is 79.9. The van der Waals surface area contributed by atoms with Crippen LogP contribution in [-0.2, 0) is 6.54 Å². The molecule has 0 saturated carbocycles. The zero-order valence-corrected chi connectivity index (χ0v) is 10.7. The molecular weight excluding hydrogens is 291 g/mol. The van der Waals surface area contributed by atoms with E-state index in [9.17, 15) is 4.39 Å². The lowest BCUT2D eigenvalue weighted by atomic mass is 10.3. The molecule has 0 unspecified atom stereocenters. The van der Waals surface area contributed by atoms with Crippen molar-refractivity contribution in [1.29, 1.82) is 0 Å². The monoisotopic (exact) mass is 300 g/mol. The number of rotatable bonds is 3. The van der Waals surface area contributed by atoms with Gasteiger partial charge in [-0.3, -0.25) is 0 Å². The molecule has 2 nitrogen and oxygen atoms in total. The van der Waals surface area contributed by atoms with Gasteiger partial charge in [0.1, 0.15) is 5.82 Å². The Morgan fingerprint density at radius 3 is 2.81 bits per heavy atom. The molecule has 5 heteroatoms. The Balaban J connectivity index is 2.14. The third kappa shape index (κ3) is 2.36. The van der Waals surface area contributed by atoms with Crippen molar-refractivity contribution in [1.82, 2.24) is 0 Å². The van der Waals surface area contributed by atoms with Crippen molar-refractivity contribution >= 4 is 38.6 Å². The Bertz CT molecular complexity index is 478. The van der Waals surface area contributed by atoms with E-state index in [1.54, 1.807) is 23.5 Å². The number of hydrogen-bond donors (Lipinski definition) is 2. The summed E-state index contributed by atoms with van der Waals surface area (Å²) >= 11 is 4.85. The third-order valence-corrected chi connectivity index (χ3v) is 3.77. The molecule has 1 heterocycles. The summed E-state index contributed by atoms with van der Waals surface area (Å²) in [5, 5.41) is 4.95. The maximum Gasteiger partial charge on any atom is 0.147 e. The molecule has 0 radical (unpaired) electrons. The molecule has 0 aliphatic rings. The minimum absolute atomic E-state index is 0.274. The molecule has 0 spiro atoms. The molecular formula is C11H10BrFN2S. The number of anilines is 2. The molecule has 0 saturated heterocycles. The summed E-state index contributed by atoms with van der Waals surface area (Å²) in [5.74, 6) is -0.274. The molecule has 0 aliphatic carbocycles. The van der Waals surface area contributed by atoms with Crippen LogP contribution in [0.15, 0.2) is 34.1 Å². The van der Waals surface area contributed by atoms with Crippen LogP contribution in [-0.4, -0.2) is 0 Å². The van der Waals surface area contributed by atoms with Gasteiger partial charge in [0.2, 0.25) is 0 Å². The molecule has 84 valence electrons. The SMILES string of the molecule is Nc1ccsc1CNc1c(F)cccc1Br. The molecule has 0 aliphatic heterocycles. The summed E-state index contributed by atoms with van der Waals surface area (Å²) in [4.78, 5) is 1.01. The number of nitrogens with one attached hydrogen (secondary N) is 1. The van der Waals surface area contributed by atoms with Crippen LogP contribution in [0.2, 0.25) is 0 Å². The second kappa shape index (κ2) is 4.84. The van der Waals surface area contributed by atoms with Crippen molar-refractivity contribution < 1.29 is 4.39 Å². The third-order valence-electron chi connectivity index (χ3n) is 2.17. The van der Waals surface area contributed by atoms with E-state index in [0.29, 0.717) is 16.7 Å². The molecule has 2 rings (SSSR count). The van der Waals surface area contributed by atoms with Crippen molar-refractivity contribution in [3.05, 3.63) is 44.8 Å². The molecule has 1 aromatic heterocycles. The largest absolute Gasteiger partial charge is 0.398 e. The van der Waals surface area contributed by atoms with Crippen molar-refractivity contribution in [3.63, 3.8) is 0 Å². The summed E-state index contributed by atoms with van der Waals surface area (Å²) in [5.41, 5.74) is 6.95. The summed E-state index contributed by atoms with van der Waals surface area (Å²) < 4.78 is 14.2. The first kappa shape index (κ1) is 11.4. The van der Waals surface area contributed by atoms with Crippen LogP contribution in [0.4, 0.5) is 15.8 Å². The number of benzene rings is 1. The second-order valence-corrected chi connectivity index (χ2v) is 5.10. The molecule has 0 amide bonds. The number of thiophene rings is 1. The molecule has 2 aromatic rings. The van der Waals surface area contributed by atoms with Crippen LogP contribution in [0, 0.1) is 5.82 Å². The van der Waals surface area contributed by atoms with E-state index in [4.69, 9.17) is 5.73 Å². The van der Waals surface area contributed by atoms with E-state index >= 15 is 0 Å². The Morgan fingerprint density at radius 1 is 1.38 bits per heavy atom. The lowest BCUT2D eigenvalue weighted by molar-refractivity contribution is 0.629. The Hall–Kier alpha value is -1.07. The smallest absolute Gasteiger partial charge is 0.147 e. The molecule has 0 fully saturated rings. The maximum absolute atomic E-state index is 13.5. The summed E-state index contributed by atoms with van der Waals surface area (Å²) in [7, 11) is 0. The van der Waals surface area contributed by atoms with Crippen molar-refractivity contribution in [2.75, 3.05) is 11.1 Å². The zero-order chi connectivity index (χ0) is 11.5. The number of hydrogen-bond acceptors (Lipinski definition) is 3. The van der Waals surface area contributed by atoms with Crippen molar-refractivity contribution in [3.8, 4) is 0 Å². The zero-order valence-electron chi connectivity index (χ0n) is 8.34. The lowest BCUT2D eigenvalue weighted by Crippen LogP contribution is -2.02. The van der Waals surface area contributed by atoms with Gasteiger partial charge >= 0.3 is 0 Å². The summed E-state index contributed by atoms with van der Waals surface area (Å²) in [6.45, 7) is 0.531. The van der Waals surface area contributed by atoms with Crippen LogP contribution in [0.5, 0.6) is 0 Å². The first-order valence-electron chi connectivity index (χ1n) is 4.68. The van der Waals surface area contributed by atoms with Crippen LogP contribution in [0.3, 0.4) is 0 Å². The summed E-state index contributed by atoms with van der Waals surface area (Å²) in [6, 6.07) is 6.72. The van der Waals surface area contributed by atoms with E-state index in [1.807, 2.05) is 11.4 Å². The number of nitrogen functional groups attached to an aromatic ring is 1. The van der Waals surface area contributed by atoms with Gasteiger partial charge in [-0.25, -0.2) is 4.39 Å². The number of halogens is 2. The van der Waals surface area contributed by atoms with E-state index < -0.39 is 0 Å². The number of nitrogens with two attached hydrogens (primary N) is 1. The van der Waals surface area contributed by atoms with E-state index in [-0.39, 0.29) is 5.82 Å². The molecule has 0 atom stereocenters. The molecule has 16 heavy (non-hydrogen) atoms. The first-order valence-corrected chi connectivity index (χ1v) is 6.35. The van der Waals surface area contributed by atoms with Gasteiger partial charge in [-0.1, -0.05) is 6.07 Å². The summed E-state index contributed by atoms with van der Waals surface area (Å²) in [6.07, 6.45) is 0. The number of para-hydroxylation sites is 1. The van der Waals surface area contributed by atoms with E-state index in [1.165, 1.54) is 6.07 Å². The van der Waals surface area contributed by atoms with Gasteiger partial charge in [0.25, 0.3) is 0 Å². The fraction of sp³-hybridized carbons (Fsp3) is 0.0909. The van der Waals surface area contributed by atoms with Gasteiger partial charge in [-0.05, 0) is 39.5 Å². The second-order valence-electron chi connectivity index (χ2n) is 3.25. The minimum Gasteiger partial charge on any atom is -0.398 e. The quantitative estimate of drug-likeness (QED) is 0.904. The van der Waals surface area contributed by atoms with Crippen LogP contribution >= 0.6 is 27.3 Å². The average molecular weight is 301 g/mol. The first-order chi connectivity index (χ1) is 7.68. The fourth-order valence-corrected chi connectivity index (χ4v) is 2.55. The molecule has 1 aromatic carbocycles. The molecule has 3 N–H and O–H groups in total. The van der Waals surface area contributed by atoms with Gasteiger partial charge in [0.05, 0.1) is 12.2 Å². The standard InChI is InChI=1S/C11H10BrFN2S/c12-7-2-1-3-8(13)11(7)15-6-10-9(14)4-5-16-10/h1-5,15H,6,14H2. The van der Waals surface area contributed by atoms with Gasteiger partial charge in [-0.15, -0.1) is 11.3 Å².